The van der Waals surface area contributed by atoms with Gasteiger partial charge in [-0.1, -0.05) is 6.92 Å². The first kappa shape index (κ1) is 12.2. The minimum absolute atomic E-state index is 0.207. The number of aliphatic hydroxyl groups is 1. The third kappa shape index (κ3) is 3.73. The molecule has 1 unspecified atom stereocenters. The van der Waals surface area contributed by atoms with E-state index in [2.05, 4.69) is 37.2 Å². The Bertz CT molecular complexity index is 269. The molecule has 0 aromatic carbocycles. The lowest BCUT2D eigenvalue weighted by Gasteiger charge is -2.07. The Morgan fingerprint density at radius 3 is 2.79 bits per heavy atom. The van der Waals surface area contributed by atoms with Crippen molar-refractivity contribution in [1.82, 2.24) is 5.32 Å². The van der Waals surface area contributed by atoms with E-state index in [1.807, 2.05) is 13.0 Å². The summed E-state index contributed by atoms with van der Waals surface area (Å²) in [6.07, 6.45) is 0. The number of rotatable bonds is 5. The number of halogens is 2. The monoisotopic (exact) mass is 325 g/mol. The number of hydrogen-bond donors (Lipinski definition) is 2. The smallest absolute Gasteiger partial charge is 0.183 e. The lowest BCUT2D eigenvalue weighted by Crippen LogP contribution is -2.22. The van der Waals surface area contributed by atoms with Crippen LogP contribution in [0.2, 0.25) is 0 Å². The van der Waals surface area contributed by atoms with E-state index >= 15 is 0 Å². The summed E-state index contributed by atoms with van der Waals surface area (Å²) in [5.41, 5.74) is 0. The zero-order chi connectivity index (χ0) is 10.6. The molecular formula is C9H13Br2NO2. The van der Waals surface area contributed by atoms with Gasteiger partial charge in [-0.25, -0.2) is 0 Å². The van der Waals surface area contributed by atoms with Crippen LogP contribution in [0.4, 0.5) is 0 Å². The van der Waals surface area contributed by atoms with Crippen molar-refractivity contribution in [2.24, 2.45) is 5.92 Å². The lowest BCUT2D eigenvalue weighted by molar-refractivity contribution is 0.232. The second kappa shape index (κ2) is 5.90. The van der Waals surface area contributed by atoms with Gasteiger partial charge in [-0.3, -0.25) is 0 Å². The van der Waals surface area contributed by atoms with Crippen molar-refractivity contribution in [3.05, 3.63) is 21.0 Å². The zero-order valence-corrected chi connectivity index (χ0v) is 11.1. The number of hydrogen-bond acceptors (Lipinski definition) is 3. The lowest BCUT2D eigenvalue weighted by atomic mass is 10.2. The first-order chi connectivity index (χ1) is 6.63. The summed E-state index contributed by atoms with van der Waals surface area (Å²) in [5, 5.41) is 12.0. The summed E-state index contributed by atoms with van der Waals surface area (Å²) in [6, 6.07) is 1.92. The molecule has 1 heterocycles. The fourth-order valence-electron chi connectivity index (χ4n) is 0.985. The van der Waals surface area contributed by atoms with Gasteiger partial charge < -0.3 is 14.8 Å². The van der Waals surface area contributed by atoms with Crippen LogP contribution in [0.15, 0.2) is 19.6 Å². The molecule has 1 rings (SSSR count). The predicted octanol–water partition coefficient (Wildman–Crippen LogP) is 2.52. The van der Waals surface area contributed by atoms with Gasteiger partial charge in [0, 0.05) is 13.2 Å². The van der Waals surface area contributed by atoms with Gasteiger partial charge in [-0.15, -0.1) is 0 Å². The standard InChI is InChI=1S/C9H13Br2NO2/c1-6(5-13)3-12-4-7-2-8(10)9(11)14-7/h2,6,12-13H,3-5H2,1H3. The summed E-state index contributed by atoms with van der Waals surface area (Å²) >= 11 is 6.61. The molecule has 1 aromatic heterocycles. The van der Waals surface area contributed by atoms with Crippen LogP contribution in [0.5, 0.6) is 0 Å². The highest BCUT2D eigenvalue weighted by molar-refractivity contribution is 9.13. The molecular weight excluding hydrogens is 314 g/mol. The molecule has 0 radical (unpaired) electrons. The van der Waals surface area contributed by atoms with E-state index in [1.54, 1.807) is 0 Å². The van der Waals surface area contributed by atoms with E-state index in [1.165, 1.54) is 0 Å². The highest BCUT2D eigenvalue weighted by Crippen LogP contribution is 2.26. The van der Waals surface area contributed by atoms with Gasteiger partial charge in [-0.2, -0.15) is 0 Å². The van der Waals surface area contributed by atoms with Crippen molar-refractivity contribution in [3.63, 3.8) is 0 Å². The molecule has 0 saturated heterocycles. The molecule has 80 valence electrons. The molecule has 0 aliphatic rings. The van der Waals surface area contributed by atoms with E-state index in [9.17, 15) is 0 Å². The highest BCUT2D eigenvalue weighted by atomic mass is 79.9. The molecule has 0 aliphatic heterocycles. The van der Waals surface area contributed by atoms with Crippen LogP contribution >= 0.6 is 31.9 Å². The van der Waals surface area contributed by atoms with Crippen LogP contribution in [0.1, 0.15) is 12.7 Å². The molecule has 1 aromatic rings. The molecule has 0 aliphatic carbocycles. The van der Waals surface area contributed by atoms with E-state index < -0.39 is 0 Å². The minimum atomic E-state index is 0.207. The highest BCUT2D eigenvalue weighted by Gasteiger charge is 2.06. The molecule has 0 spiro atoms. The van der Waals surface area contributed by atoms with E-state index in [0.717, 1.165) is 16.8 Å². The molecule has 0 amide bonds. The second-order valence-electron chi connectivity index (χ2n) is 3.25. The molecule has 0 saturated carbocycles. The molecule has 1 atom stereocenters. The van der Waals surface area contributed by atoms with Gasteiger partial charge in [0.2, 0.25) is 0 Å². The summed E-state index contributed by atoms with van der Waals surface area (Å²) in [7, 11) is 0. The second-order valence-corrected chi connectivity index (χ2v) is 4.83. The maximum Gasteiger partial charge on any atom is 0.183 e. The topological polar surface area (TPSA) is 45.4 Å². The molecule has 2 N–H and O–H groups in total. The van der Waals surface area contributed by atoms with Gasteiger partial charge in [0.25, 0.3) is 0 Å². The van der Waals surface area contributed by atoms with Crippen molar-refractivity contribution in [2.75, 3.05) is 13.2 Å². The van der Waals surface area contributed by atoms with Crippen molar-refractivity contribution in [2.45, 2.75) is 13.5 Å². The maximum absolute atomic E-state index is 8.80. The van der Waals surface area contributed by atoms with Crippen molar-refractivity contribution in [1.29, 1.82) is 0 Å². The minimum Gasteiger partial charge on any atom is -0.452 e. The fourth-order valence-corrected chi connectivity index (χ4v) is 1.64. The Morgan fingerprint density at radius 1 is 1.57 bits per heavy atom. The van der Waals surface area contributed by atoms with Gasteiger partial charge in [-0.05, 0) is 43.8 Å². The predicted molar refractivity (Wildman–Crippen MR) is 62.1 cm³/mol. The normalized spacial score (nSPS) is 13.1. The molecule has 14 heavy (non-hydrogen) atoms. The van der Waals surface area contributed by atoms with E-state index in [-0.39, 0.29) is 12.5 Å². The average molecular weight is 327 g/mol. The number of aliphatic hydroxyl groups excluding tert-OH is 1. The van der Waals surface area contributed by atoms with Crippen molar-refractivity contribution in [3.8, 4) is 0 Å². The molecule has 0 fully saturated rings. The van der Waals surface area contributed by atoms with Gasteiger partial charge in [0.1, 0.15) is 5.76 Å². The van der Waals surface area contributed by atoms with Crippen LogP contribution in [-0.2, 0) is 6.54 Å². The number of furan rings is 1. The summed E-state index contributed by atoms with van der Waals surface area (Å²) in [6.45, 7) is 3.65. The third-order valence-corrected chi connectivity index (χ3v) is 3.51. The van der Waals surface area contributed by atoms with Crippen LogP contribution in [0.3, 0.4) is 0 Å². The molecule has 3 nitrogen and oxygen atoms in total. The Labute approximate surface area is 100 Å². The Kier molecular flexibility index (Phi) is 5.15. The Morgan fingerprint density at radius 2 is 2.29 bits per heavy atom. The third-order valence-electron chi connectivity index (χ3n) is 1.80. The Balaban J connectivity index is 2.31. The van der Waals surface area contributed by atoms with E-state index in [0.29, 0.717) is 11.2 Å². The summed E-state index contributed by atoms with van der Waals surface area (Å²) in [4.78, 5) is 0. The first-order valence-corrected chi connectivity index (χ1v) is 5.97. The molecule has 5 heteroatoms. The van der Waals surface area contributed by atoms with E-state index in [4.69, 9.17) is 9.52 Å². The van der Waals surface area contributed by atoms with Crippen LogP contribution < -0.4 is 5.32 Å². The largest absolute Gasteiger partial charge is 0.452 e. The van der Waals surface area contributed by atoms with Crippen molar-refractivity contribution < 1.29 is 9.52 Å². The maximum atomic E-state index is 8.80. The Hall–Kier alpha value is 0.160. The number of nitrogens with one attached hydrogen (secondary N) is 1. The molecule has 0 bridgehead atoms. The van der Waals surface area contributed by atoms with Crippen LogP contribution in [0.25, 0.3) is 0 Å². The summed E-state index contributed by atoms with van der Waals surface area (Å²) in [5.74, 6) is 1.14. The van der Waals surface area contributed by atoms with Gasteiger partial charge >= 0.3 is 0 Å². The fraction of sp³-hybridized carbons (Fsp3) is 0.556. The van der Waals surface area contributed by atoms with Crippen LogP contribution in [-0.4, -0.2) is 18.3 Å². The van der Waals surface area contributed by atoms with Gasteiger partial charge in [0.15, 0.2) is 4.67 Å². The summed E-state index contributed by atoms with van der Waals surface area (Å²) < 4.78 is 7.01. The SMILES string of the molecule is CC(CO)CNCc1cc(Br)c(Br)o1. The quantitative estimate of drug-likeness (QED) is 0.874. The zero-order valence-electron chi connectivity index (χ0n) is 7.89. The first-order valence-electron chi connectivity index (χ1n) is 4.38. The van der Waals surface area contributed by atoms with Gasteiger partial charge in [0.05, 0.1) is 11.0 Å². The van der Waals surface area contributed by atoms with Crippen LogP contribution in [0, 0.1) is 5.92 Å². The van der Waals surface area contributed by atoms with Crippen molar-refractivity contribution >= 4 is 31.9 Å². The average Bonchev–Trinajstić information content (AvgIpc) is 2.46.